The van der Waals surface area contributed by atoms with E-state index < -0.39 is 0 Å². The van der Waals surface area contributed by atoms with Crippen LogP contribution in [0.5, 0.6) is 5.75 Å². The predicted molar refractivity (Wildman–Crippen MR) is 119 cm³/mol. The average molecular weight is 415 g/mol. The smallest absolute Gasteiger partial charge is 0.191 e. The minimum absolute atomic E-state index is 0.758. The molecule has 0 spiro atoms. The van der Waals surface area contributed by atoms with E-state index in [1.54, 1.807) is 13.4 Å². The Morgan fingerprint density at radius 1 is 1.13 bits per heavy atom. The highest BCUT2D eigenvalue weighted by molar-refractivity contribution is 5.79. The van der Waals surface area contributed by atoms with Gasteiger partial charge in [0.25, 0.3) is 0 Å². The second-order valence-electron chi connectivity index (χ2n) is 7.42. The SMILES string of the molecule is COc1cc(CCNC(=NCCN2CCOCC2)NCCc2ccco2)ccc1C. The zero-order valence-electron chi connectivity index (χ0n) is 18.2. The summed E-state index contributed by atoms with van der Waals surface area (Å²) in [6.45, 7) is 8.94. The van der Waals surface area contributed by atoms with E-state index in [9.17, 15) is 0 Å². The Balaban J connectivity index is 1.49. The van der Waals surface area contributed by atoms with Crippen LogP contribution in [0.3, 0.4) is 0 Å². The second-order valence-corrected chi connectivity index (χ2v) is 7.42. The third kappa shape index (κ3) is 7.39. The van der Waals surface area contributed by atoms with Crippen molar-refractivity contribution in [2.24, 2.45) is 4.99 Å². The molecular weight excluding hydrogens is 380 g/mol. The first kappa shape index (κ1) is 22.2. The van der Waals surface area contributed by atoms with E-state index in [2.05, 4.69) is 40.7 Å². The molecule has 1 aromatic carbocycles. The van der Waals surface area contributed by atoms with Crippen molar-refractivity contribution < 1.29 is 13.9 Å². The Morgan fingerprint density at radius 3 is 2.67 bits per heavy atom. The van der Waals surface area contributed by atoms with E-state index in [-0.39, 0.29) is 0 Å². The molecule has 1 fully saturated rings. The minimum atomic E-state index is 0.758. The van der Waals surface area contributed by atoms with Crippen molar-refractivity contribution in [1.82, 2.24) is 15.5 Å². The van der Waals surface area contributed by atoms with E-state index in [0.717, 1.165) is 88.4 Å². The number of morpholine rings is 1. The fourth-order valence-corrected chi connectivity index (χ4v) is 3.41. The summed E-state index contributed by atoms with van der Waals surface area (Å²) in [5, 5.41) is 6.89. The zero-order valence-corrected chi connectivity index (χ0v) is 18.2. The van der Waals surface area contributed by atoms with Gasteiger partial charge in [0.05, 0.1) is 33.1 Å². The number of ether oxygens (including phenoxy) is 2. The number of guanidine groups is 1. The first-order valence-electron chi connectivity index (χ1n) is 10.7. The molecule has 0 radical (unpaired) electrons. The van der Waals surface area contributed by atoms with Crippen molar-refractivity contribution in [3.05, 3.63) is 53.5 Å². The molecule has 0 amide bonds. The molecule has 0 aliphatic carbocycles. The molecule has 7 heteroatoms. The molecule has 1 aromatic heterocycles. The van der Waals surface area contributed by atoms with Crippen LogP contribution in [0.25, 0.3) is 0 Å². The molecule has 1 aliphatic heterocycles. The molecule has 2 heterocycles. The van der Waals surface area contributed by atoms with Gasteiger partial charge in [0.15, 0.2) is 5.96 Å². The molecule has 0 unspecified atom stereocenters. The Bertz CT molecular complexity index is 771. The van der Waals surface area contributed by atoms with Crippen LogP contribution in [0.2, 0.25) is 0 Å². The summed E-state index contributed by atoms with van der Waals surface area (Å²) in [6, 6.07) is 10.3. The summed E-state index contributed by atoms with van der Waals surface area (Å²) in [5.41, 5.74) is 2.40. The van der Waals surface area contributed by atoms with Gasteiger partial charge in [-0.25, -0.2) is 0 Å². The third-order valence-corrected chi connectivity index (χ3v) is 5.21. The zero-order chi connectivity index (χ0) is 21.0. The van der Waals surface area contributed by atoms with Crippen LogP contribution in [0.15, 0.2) is 46.0 Å². The topological polar surface area (TPSA) is 71.3 Å². The summed E-state index contributed by atoms with van der Waals surface area (Å²) >= 11 is 0. The van der Waals surface area contributed by atoms with Crippen molar-refractivity contribution >= 4 is 5.96 Å². The molecule has 1 saturated heterocycles. The lowest BCUT2D eigenvalue weighted by Crippen LogP contribution is -2.41. The third-order valence-electron chi connectivity index (χ3n) is 5.21. The summed E-state index contributed by atoms with van der Waals surface area (Å²) in [5.74, 6) is 2.75. The average Bonchev–Trinajstić information content (AvgIpc) is 3.29. The van der Waals surface area contributed by atoms with Crippen molar-refractivity contribution in [3.8, 4) is 5.75 Å². The number of benzene rings is 1. The molecule has 3 rings (SSSR count). The molecule has 2 aromatic rings. The van der Waals surface area contributed by atoms with Gasteiger partial charge in [-0.15, -0.1) is 0 Å². The highest BCUT2D eigenvalue weighted by Gasteiger charge is 2.09. The molecule has 0 bridgehead atoms. The van der Waals surface area contributed by atoms with Gasteiger partial charge in [0.2, 0.25) is 0 Å². The van der Waals surface area contributed by atoms with E-state index in [4.69, 9.17) is 18.9 Å². The number of hydrogen-bond acceptors (Lipinski definition) is 5. The molecule has 0 saturated carbocycles. The van der Waals surface area contributed by atoms with Crippen molar-refractivity contribution in [2.75, 3.05) is 59.6 Å². The predicted octanol–water partition coefficient (Wildman–Crippen LogP) is 2.25. The monoisotopic (exact) mass is 414 g/mol. The maximum atomic E-state index is 5.43. The van der Waals surface area contributed by atoms with Crippen molar-refractivity contribution in [1.29, 1.82) is 0 Å². The maximum Gasteiger partial charge on any atom is 0.191 e. The van der Waals surface area contributed by atoms with E-state index >= 15 is 0 Å². The Labute approximate surface area is 179 Å². The molecule has 2 N–H and O–H groups in total. The Hall–Kier alpha value is -2.51. The van der Waals surface area contributed by atoms with Gasteiger partial charge in [0, 0.05) is 39.1 Å². The summed E-state index contributed by atoms with van der Waals surface area (Å²) < 4.78 is 16.3. The number of rotatable bonds is 10. The Morgan fingerprint density at radius 2 is 1.93 bits per heavy atom. The standard InChI is InChI=1S/C23H34N4O3/c1-19-5-6-20(18-22(19)28-2)7-9-24-23(25-10-8-21-4-3-15-30-21)26-11-12-27-13-16-29-17-14-27/h3-6,15,18H,7-14,16-17H2,1-2H3,(H2,24,25,26). The molecular formula is C23H34N4O3. The number of nitrogens with zero attached hydrogens (tertiary/aromatic N) is 2. The van der Waals surface area contributed by atoms with Gasteiger partial charge in [-0.3, -0.25) is 9.89 Å². The van der Waals surface area contributed by atoms with Gasteiger partial charge in [-0.1, -0.05) is 12.1 Å². The normalized spacial score (nSPS) is 15.2. The number of aliphatic imine (C=N–C) groups is 1. The van der Waals surface area contributed by atoms with Crippen molar-refractivity contribution in [2.45, 2.75) is 19.8 Å². The first-order chi connectivity index (χ1) is 14.7. The van der Waals surface area contributed by atoms with Crippen LogP contribution in [0, 0.1) is 6.92 Å². The molecule has 1 aliphatic rings. The van der Waals surface area contributed by atoms with Crippen LogP contribution >= 0.6 is 0 Å². The number of nitrogens with one attached hydrogen (secondary N) is 2. The van der Waals surface area contributed by atoms with Crippen LogP contribution in [0.1, 0.15) is 16.9 Å². The minimum Gasteiger partial charge on any atom is -0.496 e. The fraction of sp³-hybridized carbons (Fsp3) is 0.522. The first-order valence-corrected chi connectivity index (χ1v) is 10.7. The van der Waals surface area contributed by atoms with Crippen LogP contribution in [-0.2, 0) is 17.6 Å². The van der Waals surface area contributed by atoms with E-state index in [1.165, 1.54) is 5.56 Å². The fourth-order valence-electron chi connectivity index (χ4n) is 3.41. The number of furan rings is 1. The van der Waals surface area contributed by atoms with Crippen LogP contribution in [-0.4, -0.2) is 70.5 Å². The highest BCUT2D eigenvalue weighted by atomic mass is 16.5. The number of methoxy groups -OCH3 is 1. The molecule has 7 nitrogen and oxygen atoms in total. The lowest BCUT2D eigenvalue weighted by Gasteiger charge is -2.25. The number of aryl methyl sites for hydroxylation is 1. The molecule has 164 valence electrons. The van der Waals surface area contributed by atoms with Gasteiger partial charge in [-0.2, -0.15) is 0 Å². The van der Waals surface area contributed by atoms with Crippen molar-refractivity contribution in [3.63, 3.8) is 0 Å². The quantitative estimate of drug-likeness (QED) is 0.459. The van der Waals surface area contributed by atoms with Gasteiger partial charge < -0.3 is 24.5 Å². The largest absolute Gasteiger partial charge is 0.496 e. The van der Waals surface area contributed by atoms with E-state index in [0.29, 0.717) is 0 Å². The maximum absolute atomic E-state index is 5.43. The van der Waals surface area contributed by atoms with Crippen LogP contribution < -0.4 is 15.4 Å². The van der Waals surface area contributed by atoms with Gasteiger partial charge in [0.1, 0.15) is 11.5 Å². The summed E-state index contributed by atoms with van der Waals surface area (Å²) in [7, 11) is 1.71. The number of hydrogen-bond donors (Lipinski definition) is 2. The summed E-state index contributed by atoms with van der Waals surface area (Å²) in [6.07, 6.45) is 3.44. The summed E-state index contributed by atoms with van der Waals surface area (Å²) in [4.78, 5) is 7.17. The lowest BCUT2D eigenvalue weighted by atomic mass is 10.1. The highest BCUT2D eigenvalue weighted by Crippen LogP contribution is 2.19. The van der Waals surface area contributed by atoms with E-state index in [1.807, 2.05) is 12.1 Å². The lowest BCUT2D eigenvalue weighted by molar-refractivity contribution is 0.0394. The Kier molecular flexibility index (Phi) is 9.05. The second kappa shape index (κ2) is 12.2. The molecule has 30 heavy (non-hydrogen) atoms. The van der Waals surface area contributed by atoms with Crippen LogP contribution in [0.4, 0.5) is 0 Å². The molecule has 0 atom stereocenters. The van der Waals surface area contributed by atoms with Gasteiger partial charge in [-0.05, 0) is 42.7 Å². The van der Waals surface area contributed by atoms with Gasteiger partial charge >= 0.3 is 0 Å².